The van der Waals surface area contributed by atoms with Gasteiger partial charge in [0.15, 0.2) is 5.82 Å². The van der Waals surface area contributed by atoms with Crippen LogP contribution in [-0.4, -0.2) is 22.8 Å². The van der Waals surface area contributed by atoms with Crippen LogP contribution in [0.2, 0.25) is 0 Å². The van der Waals surface area contributed by atoms with Crippen LogP contribution in [-0.2, 0) is 5.88 Å². The molecule has 2 heterocycles. The van der Waals surface area contributed by atoms with Crippen molar-refractivity contribution < 1.29 is 0 Å². The summed E-state index contributed by atoms with van der Waals surface area (Å²) in [5.41, 5.74) is 0.838. The van der Waals surface area contributed by atoms with E-state index >= 15 is 0 Å². The van der Waals surface area contributed by atoms with Gasteiger partial charge in [-0.1, -0.05) is 0 Å². The summed E-state index contributed by atoms with van der Waals surface area (Å²) in [5.74, 6) is 1.42. The van der Waals surface area contributed by atoms with Gasteiger partial charge in [-0.3, -0.25) is 0 Å². The van der Waals surface area contributed by atoms with Gasteiger partial charge in [-0.25, -0.2) is 0 Å². The number of nitrogens with zero attached hydrogens (tertiary/aromatic N) is 3. The lowest BCUT2D eigenvalue weighted by Gasteiger charge is -2.33. The highest BCUT2D eigenvalue weighted by atomic mass is 35.5. The summed E-state index contributed by atoms with van der Waals surface area (Å²) < 4.78 is 0. The summed E-state index contributed by atoms with van der Waals surface area (Å²) in [6.45, 7) is 3.34. The third-order valence-corrected chi connectivity index (χ3v) is 3.21. The first-order valence-electron chi connectivity index (χ1n) is 5.46. The zero-order valence-corrected chi connectivity index (χ0v) is 9.74. The van der Waals surface area contributed by atoms with Crippen LogP contribution in [0.25, 0.3) is 0 Å². The number of hydrogen-bond acceptors (Lipinski definition) is 3. The molecule has 0 radical (unpaired) electrons. The first kappa shape index (κ1) is 10.7. The van der Waals surface area contributed by atoms with E-state index in [1.165, 1.54) is 19.3 Å². The van der Waals surface area contributed by atoms with Gasteiger partial charge in [0.05, 0.1) is 11.6 Å². The SMILES string of the molecule is CC1CCCCN1c1ccc(CCl)nn1. The Kier molecular flexibility index (Phi) is 3.41. The summed E-state index contributed by atoms with van der Waals surface area (Å²) >= 11 is 5.68. The van der Waals surface area contributed by atoms with E-state index in [1.807, 2.05) is 12.1 Å². The minimum atomic E-state index is 0.433. The fourth-order valence-corrected chi connectivity index (χ4v) is 2.16. The van der Waals surface area contributed by atoms with E-state index in [0.29, 0.717) is 11.9 Å². The number of hydrogen-bond donors (Lipinski definition) is 0. The molecule has 2 rings (SSSR count). The lowest BCUT2D eigenvalue weighted by molar-refractivity contribution is 0.479. The van der Waals surface area contributed by atoms with Crippen molar-refractivity contribution in [1.82, 2.24) is 10.2 Å². The molecule has 1 atom stereocenters. The molecule has 0 spiro atoms. The third-order valence-electron chi connectivity index (χ3n) is 2.94. The Morgan fingerprint density at radius 3 is 2.87 bits per heavy atom. The Morgan fingerprint density at radius 2 is 2.27 bits per heavy atom. The van der Waals surface area contributed by atoms with E-state index in [1.54, 1.807) is 0 Å². The normalized spacial score (nSPS) is 21.7. The molecule has 0 aromatic carbocycles. The van der Waals surface area contributed by atoms with Crippen molar-refractivity contribution in [3.05, 3.63) is 17.8 Å². The predicted molar refractivity (Wildman–Crippen MR) is 62.2 cm³/mol. The van der Waals surface area contributed by atoms with E-state index in [0.717, 1.165) is 18.1 Å². The van der Waals surface area contributed by atoms with E-state index in [2.05, 4.69) is 22.0 Å². The van der Waals surface area contributed by atoms with Crippen LogP contribution in [0.5, 0.6) is 0 Å². The first-order valence-corrected chi connectivity index (χ1v) is 6.00. The average Bonchev–Trinajstić information content (AvgIpc) is 2.30. The Morgan fingerprint density at radius 1 is 1.40 bits per heavy atom. The van der Waals surface area contributed by atoms with E-state index in [9.17, 15) is 0 Å². The van der Waals surface area contributed by atoms with Gasteiger partial charge >= 0.3 is 0 Å². The van der Waals surface area contributed by atoms with Gasteiger partial charge in [0, 0.05) is 12.6 Å². The molecule has 1 aromatic heterocycles. The average molecular weight is 226 g/mol. The van der Waals surface area contributed by atoms with Crippen LogP contribution >= 0.6 is 11.6 Å². The number of anilines is 1. The highest BCUT2D eigenvalue weighted by Gasteiger charge is 2.19. The molecule has 4 heteroatoms. The molecule has 0 aliphatic carbocycles. The lowest BCUT2D eigenvalue weighted by atomic mass is 10.0. The molecule has 0 N–H and O–H groups in total. The quantitative estimate of drug-likeness (QED) is 0.725. The van der Waals surface area contributed by atoms with Gasteiger partial charge < -0.3 is 4.90 Å². The fourth-order valence-electron chi connectivity index (χ4n) is 2.02. The molecule has 1 saturated heterocycles. The second kappa shape index (κ2) is 4.79. The maximum absolute atomic E-state index is 5.68. The summed E-state index contributed by atoms with van der Waals surface area (Å²) in [6.07, 6.45) is 3.83. The standard InChI is InChI=1S/C11H16ClN3/c1-9-4-2-3-7-15(9)11-6-5-10(8-12)13-14-11/h5-6,9H,2-4,7-8H2,1H3. The predicted octanol–water partition coefficient (Wildman–Crippen LogP) is 2.59. The lowest BCUT2D eigenvalue weighted by Crippen LogP contribution is -2.38. The number of aromatic nitrogens is 2. The summed E-state index contributed by atoms with van der Waals surface area (Å²) in [4.78, 5) is 2.33. The zero-order chi connectivity index (χ0) is 10.7. The van der Waals surface area contributed by atoms with Crippen LogP contribution in [0.1, 0.15) is 31.9 Å². The minimum absolute atomic E-state index is 0.433. The van der Waals surface area contributed by atoms with Crippen molar-refractivity contribution in [2.45, 2.75) is 38.1 Å². The number of rotatable bonds is 2. The molecule has 1 aliphatic heterocycles. The van der Waals surface area contributed by atoms with Gasteiger partial charge in [0.25, 0.3) is 0 Å². The van der Waals surface area contributed by atoms with Gasteiger partial charge in [0.2, 0.25) is 0 Å². The summed E-state index contributed by atoms with van der Waals surface area (Å²) in [6, 6.07) is 4.55. The maximum Gasteiger partial charge on any atom is 0.151 e. The van der Waals surface area contributed by atoms with E-state index in [-0.39, 0.29) is 0 Å². The second-order valence-electron chi connectivity index (χ2n) is 4.05. The monoisotopic (exact) mass is 225 g/mol. The first-order chi connectivity index (χ1) is 7.31. The number of halogens is 1. The van der Waals surface area contributed by atoms with Crippen molar-refractivity contribution in [3.63, 3.8) is 0 Å². The van der Waals surface area contributed by atoms with Crippen molar-refractivity contribution >= 4 is 17.4 Å². The van der Waals surface area contributed by atoms with Crippen LogP contribution in [0.15, 0.2) is 12.1 Å². The van der Waals surface area contributed by atoms with Crippen LogP contribution in [0, 0.1) is 0 Å². The number of alkyl halides is 1. The smallest absolute Gasteiger partial charge is 0.151 e. The highest BCUT2D eigenvalue weighted by molar-refractivity contribution is 6.16. The zero-order valence-electron chi connectivity index (χ0n) is 8.99. The number of piperidine rings is 1. The van der Waals surface area contributed by atoms with Gasteiger partial charge in [-0.05, 0) is 38.3 Å². The molecule has 0 amide bonds. The van der Waals surface area contributed by atoms with Crippen LogP contribution in [0.3, 0.4) is 0 Å². The van der Waals surface area contributed by atoms with Crippen molar-refractivity contribution in [2.75, 3.05) is 11.4 Å². The molecule has 0 bridgehead atoms. The molecule has 1 fully saturated rings. The third kappa shape index (κ3) is 2.40. The second-order valence-corrected chi connectivity index (χ2v) is 4.32. The summed E-state index contributed by atoms with van der Waals surface area (Å²) in [5, 5.41) is 8.30. The van der Waals surface area contributed by atoms with Crippen LogP contribution < -0.4 is 4.90 Å². The molecule has 1 aliphatic rings. The van der Waals surface area contributed by atoms with E-state index in [4.69, 9.17) is 11.6 Å². The van der Waals surface area contributed by atoms with E-state index < -0.39 is 0 Å². The van der Waals surface area contributed by atoms with Gasteiger partial charge in [-0.2, -0.15) is 5.10 Å². The van der Waals surface area contributed by atoms with Gasteiger partial charge in [0.1, 0.15) is 0 Å². The summed E-state index contributed by atoms with van der Waals surface area (Å²) in [7, 11) is 0. The minimum Gasteiger partial charge on any atom is -0.352 e. The Bertz CT molecular complexity index is 312. The molecule has 0 saturated carbocycles. The maximum atomic E-state index is 5.68. The molecule has 15 heavy (non-hydrogen) atoms. The topological polar surface area (TPSA) is 29.0 Å². The fraction of sp³-hybridized carbons (Fsp3) is 0.636. The molecular weight excluding hydrogens is 210 g/mol. The largest absolute Gasteiger partial charge is 0.352 e. The molecule has 82 valence electrons. The Hall–Kier alpha value is -0.830. The van der Waals surface area contributed by atoms with Crippen molar-refractivity contribution in [2.24, 2.45) is 0 Å². The molecule has 3 nitrogen and oxygen atoms in total. The Labute approximate surface area is 95.5 Å². The van der Waals surface area contributed by atoms with Crippen LogP contribution in [0.4, 0.5) is 5.82 Å². The molecular formula is C11H16ClN3. The molecule has 1 unspecified atom stereocenters. The molecule has 1 aromatic rings. The Balaban J connectivity index is 2.13. The van der Waals surface area contributed by atoms with Crippen molar-refractivity contribution in [3.8, 4) is 0 Å². The highest BCUT2D eigenvalue weighted by Crippen LogP contribution is 2.22. The van der Waals surface area contributed by atoms with Crippen molar-refractivity contribution in [1.29, 1.82) is 0 Å². The van der Waals surface area contributed by atoms with Gasteiger partial charge in [-0.15, -0.1) is 16.7 Å².